The Kier molecular flexibility index (Phi) is 7.84. The molecule has 23 heavy (non-hydrogen) atoms. The number of carbonyl (C=O) groups is 4. The second-order valence-corrected chi connectivity index (χ2v) is 4.71. The summed E-state index contributed by atoms with van der Waals surface area (Å²) in [5.74, 6) is -1.05. The monoisotopic (exact) mass is 321 g/mol. The molecule has 4 N–H and O–H groups in total. The standard InChI is InChI=1S/C15H19N3O5/c19-8-4-7-16-13(20)10-17-14(21)12(18-15(22)23)9-11-5-2-1-3-6-11/h1-3,5-6,8,12,18H,4,7,9-10H2,(H,16,20)(H,17,21)(H,22,23)/t12-/m0/s1. The summed E-state index contributed by atoms with van der Waals surface area (Å²) < 4.78 is 0. The smallest absolute Gasteiger partial charge is 0.405 e. The van der Waals surface area contributed by atoms with Gasteiger partial charge in [0.25, 0.3) is 0 Å². The van der Waals surface area contributed by atoms with Gasteiger partial charge in [0.15, 0.2) is 0 Å². The highest BCUT2D eigenvalue weighted by atomic mass is 16.4. The quantitative estimate of drug-likeness (QED) is 0.367. The average Bonchev–Trinajstić information content (AvgIpc) is 2.53. The number of nitrogens with one attached hydrogen (secondary N) is 3. The van der Waals surface area contributed by atoms with Crippen LogP contribution in [0.4, 0.5) is 4.79 Å². The van der Waals surface area contributed by atoms with Crippen LogP contribution in [0.25, 0.3) is 0 Å². The molecule has 124 valence electrons. The van der Waals surface area contributed by atoms with Crippen molar-refractivity contribution in [2.75, 3.05) is 13.1 Å². The molecule has 0 fully saturated rings. The van der Waals surface area contributed by atoms with E-state index in [9.17, 15) is 19.2 Å². The zero-order valence-corrected chi connectivity index (χ0v) is 12.5. The number of benzene rings is 1. The van der Waals surface area contributed by atoms with Crippen LogP contribution in [0.5, 0.6) is 0 Å². The number of amides is 3. The van der Waals surface area contributed by atoms with Crippen LogP contribution in [0.2, 0.25) is 0 Å². The van der Waals surface area contributed by atoms with Crippen LogP contribution >= 0.6 is 0 Å². The molecular formula is C15H19N3O5. The summed E-state index contributed by atoms with van der Waals surface area (Å²) in [7, 11) is 0. The van der Waals surface area contributed by atoms with Gasteiger partial charge in [0, 0.05) is 19.4 Å². The van der Waals surface area contributed by atoms with Gasteiger partial charge >= 0.3 is 6.09 Å². The van der Waals surface area contributed by atoms with Crippen LogP contribution in [-0.4, -0.2) is 48.4 Å². The molecule has 0 aliphatic heterocycles. The molecule has 1 atom stereocenters. The first-order chi connectivity index (χ1) is 11.0. The number of hydrogen-bond acceptors (Lipinski definition) is 4. The van der Waals surface area contributed by atoms with Gasteiger partial charge < -0.3 is 25.9 Å². The number of hydrogen-bond donors (Lipinski definition) is 4. The Hall–Kier alpha value is -2.90. The Morgan fingerprint density at radius 1 is 1.13 bits per heavy atom. The maximum Gasteiger partial charge on any atom is 0.405 e. The maximum atomic E-state index is 12.0. The van der Waals surface area contributed by atoms with Crippen LogP contribution in [0.3, 0.4) is 0 Å². The van der Waals surface area contributed by atoms with E-state index < -0.39 is 23.9 Å². The van der Waals surface area contributed by atoms with E-state index in [0.29, 0.717) is 6.29 Å². The third-order valence-corrected chi connectivity index (χ3v) is 2.90. The summed E-state index contributed by atoms with van der Waals surface area (Å²) in [5, 5.41) is 15.8. The van der Waals surface area contributed by atoms with E-state index in [1.165, 1.54) is 0 Å². The molecule has 0 unspecified atom stereocenters. The Balaban J connectivity index is 2.53. The predicted octanol–water partition coefficient (Wildman–Crippen LogP) is -0.313. The van der Waals surface area contributed by atoms with Crippen molar-refractivity contribution in [1.82, 2.24) is 16.0 Å². The Labute approximate surface area is 133 Å². The second-order valence-electron chi connectivity index (χ2n) is 4.71. The summed E-state index contributed by atoms with van der Waals surface area (Å²) in [6.45, 7) is -0.0939. The predicted molar refractivity (Wildman–Crippen MR) is 81.8 cm³/mol. The van der Waals surface area contributed by atoms with E-state index >= 15 is 0 Å². The fourth-order valence-electron chi connectivity index (χ4n) is 1.83. The lowest BCUT2D eigenvalue weighted by atomic mass is 10.1. The molecule has 0 radical (unpaired) electrons. The molecule has 0 aromatic heterocycles. The topological polar surface area (TPSA) is 125 Å². The zero-order chi connectivity index (χ0) is 17.1. The number of carboxylic acid groups (broad SMARTS) is 1. The van der Waals surface area contributed by atoms with Crippen molar-refractivity contribution >= 4 is 24.2 Å². The summed E-state index contributed by atoms with van der Waals surface area (Å²) >= 11 is 0. The molecule has 0 aliphatic carbocycles. The van der Waals surface area contributed by atoms with Gasteiger partial charge in [0.05, 0.1) is 6.54 Å². The van der Waals surface area contributed by atoms with Crippen LogP contribution in [0.1, 0.15) is 12.0 Å². The first kappa shape index (κ1) is 18.1. The van der Waals surface area contributed by atoms with E-state index in [4.69, 9.17) is 5.11 Å². The molecular weight excluding hydrogens is 302 g/mol. The lowest BCUT2D eigenvalue weighted by molar-refractivity contribution is -0.127. The van der Waals surface area contributed by atoms with Gasteiger partial charge in [-0.2, -0.15) is 0 Å². The minimum absolute atomic E-state index is 0.172. The van der Waals surface area contributed by atoms with Crippen molar-refractivity contribution in [1.29, 1.82) is 0 Å². The zero-order valence-electron chi connectivity index (χ0n) is 12.5. The van der Waals surface area contributed by atoms with E-state index in [-0.39, 0.29) is 25.9 Å². The average molecular weight is 321 g/mol. The van der Waals surface area contributed by atoms with Gasteiger partial charge in [-0.25, -0.2) is 4.79 Å². The Bertz CT molecular complexity index is 547. The molecule has 0 heterocycles. The van der Waals surface area contributed by atoms with Gasteiger partial charge in [-0.15, -0.1) is 0 Å². The third-order valence-electron chi connectivity index (χ3n) is 2.90. The Morgan fingerprint density at radius 2 is 1.83 bits per heavy atom. The van der Waals surface area contributed by atoms with Gasteiger partial charge in [-0.1, -0.05) is 30.3 Å². The molecule has 0 bridgehead atoms. The van der Waals surface area contributed by atoms with E-state index in [1.54, 1.807) is 24.3 Å². The van der Waals surface area contributed by atoms with Crippen LogP contribution in [-0.2, 0) is 20.8 Å². The molecule has 1 aromatic rings. The molecule has 1 aromatic carbocycles. The molecule has 0 saturated heterocycles. The normalized spacial score (nSPS) is 11.1. The van der Waals surface area contributed by atoms with Crippen LogP contribution < -0.4 is 16.0 Å². The van der Waals surface area contributed by atoms with Crippen molar-refractivity contribution in [2.45, 2.75) is 18.9 Å². The number of aldehydes is 1. The highest BCUT2D eigenvalue weighted by Crippen LogP contribution is 2.03. The van der Waals surface area contributed by atoms with Gasteiger partial charge in [0.2, 0.25) is 11.8 Å². The van der Waals surface area contributed by atoms with E-state index in [2.05, 4.69) is 16.0 Å². The summed E-state index contributed by atoms with van der Waals surface area (Å²) in [6.07, 6.45) is -0.287. The second kappa shape index (κ2) is 9.93. The number of rotatable bonds is 9. The third kappa shape index (κ3) is 7.60. The SMILES string of the molecule is O=CCCNC(=O)CNC(=O)[C@H](Cc1ccccc1)NC(=O)O. The van der Waals surface area contributed by atoms with Crippen molar-refractivity contribution in [3.05, 3.63) is 35.9 Å². The summed E-state index contributed by atoms with van der Waals surface area (Å²) in [5.41, 5.74) is 0.789. The molecule has 8 nitrogen and oxygen atoms in total. The van der Waals surface area contributed by atoms with E-state index in [0.717, 1.165) is 5.56 Å². The minimum Gasteiger partial charge on any atom is -0.465 e. The molecule has 0 saturated carbocycles. The van der Waals surface area contributed by atoms with E-state index in [1.807, 2.05) is 6.07 Å². The minimum atomic E-state index is -1.32. The highest BCUT2D eigenvalue weighted by Gasteiger charge is 2.21. The maximum absolute atomic E-state index is 12.0. The van der Waals surface area contributed by atoms with Gasteiger partial charge in [0.1, 0.15) is 12.3 Å². The molecule has 8 heteroatoms. The van der Waals surface area contributed by atoms with Crippen molar-refractivity contribution in [3.63, 3.8) is 0 Å². The first-order valence-corrected chi connectivity index (χ1v) is 7.04. The Morgan fingerprint density at radius 3 is 2.43 bits per heavy atom. The van der Waals surface area contributed by atoms with Crippen molar-refractivity contribution in [2.24, 2.45) is 0 Å². The highest BCUT2D eigenvalue weighted by molar-refractivity contribution is 5.89. The first-order valence-electron chi connectivity index (χ1n) is 7.04. The van der Waals surface area contributed by atoms with Gasteiger partial charge in [-0.3, -0.25) is 9.59 Å². The lowest BCUT2D eigenvalue weighted by Crippen LogP contribution is -2.49. The summed E-state index contributed by atoms with van der Waals surface area (Å²) in [6, 6.07) is 7.92. The molecule has 0 aliphatic rings. The lowest BCUT2D eigenvalue weighted by Gasteiger charge is -2.16. The molecule has 1 rings (SSSR count). The molecule has 3 amide bonds. The fraction of sp³-hybridized carbons (Fsp3) is 0.333. The molecule has 0 spiro atoms. The fourth-order valence-corrected chi connectivity index (χ4v) is 1.83. The number of carbonyl (C=O) groups excluding carboxylic acids is 3. The largest absolute Gasteiger partial charge is 0.465 e. The van der Waals surface area contributed by atoms with Crippen LogP contribution in [0.15, 0.2) is 30.3 Å². The van der Waals surface area contributed by atoms with Crippen LogP contribution in [0, 0.1) is 0 Å². The summed E-state index contributed by atoms with van der Waals surface area (Å²) in [4.78, 5) is 44.4. The van der Waals surface area contributed by atoms with Crippen molar-refractivity contribution in [3.8, 4) is 0 Å². The van der Waals surface area contributed by atoms with Crippen molar-refractivity contribution < 1.29 is 24.3 Å². The van der Waals surface area contributed by atoms with Gasteiger partial charge in [-0.05, 0) is 5.56 Å².